The molecule has 0 saturated heterocycles. The molecule has 6 heteroatoms. The second-order valence-electron chi connectivity index (χ2n) is 6.77. The molecule has 3 N–H and O–H groups in total. The molecule has 2 aromatic rings. The van der Waals surface area contributed by atoms with E-state index < -0.39 is 0 Å². The molecular formula is C21H27N3O3. The third kappa shape index (κ3) is 6.66. The van der Waals surface area contributed by atoms with Gasteiger partial charge in [-0.1, -0.05) is 18.2 Å². The van der Waals surface area contributed by atoms with Crippen LogP contribution in [0.3, 0.4) is 0 Å². The first kappa shape index (κ1) is 20.3. The fourth-order valence-corrected chi connectivity index (χ4v) is 2.43. The number of hydrogen-bond donors (Lipinski definition) is 3. The lowest BCUT2D eigenvalue weighted by atomic mass is 10.1. The Kier molecular flexibility index (Phi) is 7.23. The molecule has 0 aliphatic carbocycles. The Bertz CT molecular complexity index is 788. The van der Waals surface area contributed by atoms with Crippen molar-refractivity contribution < 1.29 is 14.3 Å². The summed E-state index contributed by atoms with van der Waals surface area (Å²) in [5.41, 5.74) is 1.83. The van der Waals surface area contributed by atoms with E-state index in [-0.39, 0.29) is 30.5 Å². The Morgan fingerprint density at radius 3 is 2.44 bits per heavy atom. The molecule has 0 bridgehead atoms. The number of ether oxygens (including phenoxy) is 1. The molecular weight excluding hydrogens is 342 g/mol. The highest BCUT2D eigenvalue weighted by atomic mass is 16.5. The zero-order valence-electron chi connectivity index (χ0n) is 16.2. The number of hydrogen-bond acceptors (Lipinski definition) is 4. The minimum atomic E-state index is -0.212. The van der Waals surface area contributed by atoms with Crippen molar-refractivity contribution in [2.24, 2.45) is 0 Å². The molecule has 0 aliphatic rings. The number of nitrogens with one attached hydrogen (secondary N) is 3. The van der Waals surface area contributed by atoms with Crippen LogP contribution in [0.1, 0.15) is 38.1 Å². The van der Waals surface area contributed by atoms with Gasteiger partial charge >= 0.3 is 0 Å². The molecule has 0 aromatic heterocycles. The van der Waals surface area contributed by atoms with Crippen LogP contribution in [0.5, 0.6) is 5.75 Å². The summed E-state index contributed by atoms with van der Waals surface area (Å²) in [6.45, 7) is 7.78. The Morgan fingerprint density at radius 1 is 1.00 bits per heavy atom. The van der Waals surface area contributed by atoms with E-state index in [1.54, 1.807) is 24.3 Å². The van der Waals surface area contributed by atoms with Crippen molar-refractivity contribution in [2.45, 2.75) is 39.8 Å². The maximum atomic E-state index is 12.3. The van der Waals surface area contributed by atoms with Crippen LogP contribution in [-0.4, -0.2) is 30.5 Å². The number of para-hydroxylation sites is 2. The SMILES string of the molecule is CC(C)NC(=O)c1cccc(NC(=O)CNc2ccccc2OC(C)C)c1. The maximum Gasteiger partial charge on any atom is 0.251 e. The largest absolute Gasteiger partial charge is 0.489 e. The van der Waals surface area contributed by atoms with Crippen LogP contribution in [0.4, 0.5) is 11.4 Å². The predicted octanol–water partition coefficient (Wildman–Crippen LogP) is 3.66. The van der Waals surface area contributed by atoms with Crippen LogP contribution in [0.15, 0.2) is 48.5 Å². The molecule has 2 aromatic carbocycles. The molecule has 6 nitrogen and oxygen atoms in total. The van der Waals surface area contributed by atoms with Gasteiger partial charge in [0.1, 0.15) is 5.75 Å². The fourth-order valence-electron chi connectivity index (χ4n) is 2.43. The summed E-state index contributed by atoms with van der Waals surface area (Å²) in [5, 5.41) is 8.71. The van der Waals surface area contributed by atoms with Gasteiger partial charge in [0, 0.05) is 17.3 Å². The van der Waals surface area contributed by atoms with Crippen LogP contribution in [0, 0.1) is 0 Å². The van der Waals surface area contributed by atoms with E-state index in [1.165, 1.54) is 0 Å². The summed E-state index contributed by atoms with van der Waals surface area (Å²) in [6.07, 6.45) is 0.0431. The molecule has 0 atom stereocenters. The summed E-state index contributed by atoms with van der Waals surface area (Å²) in [6, 6.07) is 14.4. The van der Waals surface area contributed by atoms with Crippen LogP contribution in [0.25, 0.3) is 0 Å². The molecule has 2 rings (SSSR count). The minimum absolute atomic E-state index is 0.0431. The van der Waals surface area contributed by atoms with Gasteiger partial charge in [0.2, 0.25) is 5.91 Å². The highest BCUT2D eigenvalue weighted by Gasteiger charge is 2.10. The summed E-state index contributed by atoms with van der Waals surface area (Å²) in [5.74, 6) is 0.322. The Morgan fingerprint density at radius 2 is 1.74 bits per heavy atom. The number of carbonyl (C=O) groups is 2. The number of anilines is 2. The summed E-state index contributed by atoms with van der Waals surface area (Å²) in [4.78, 5) is 24.3. The number of benzene rings is 2. The van der Waals surface area contributed by atoms with Crippen molar-refractivity contribution in [1.29, 1.82) is 0 Å². The van der Waals surface area contributed by atoms with Gasteiger partial charge in [-0.15, -0.1) is 0 Å². The van der Waals surface area contributed by atoms with Crippen LogP contribution in [0.2, 0.25) is 0 Å². The van der Waals surface area contributed by atoms with Crippen molar-refractivity contribution in [1.82, 2.24) is 5.32 Å². The van der Waals surface area contributed by atoms with Gasteiger partial charge in [-0.25, -0.2) is 0 Å². The molecule has 27 heavy (non-hydrogen) atoms. The summed E-state index contributed by atoms with van der Waals surface area (Å²) in [7, 11) is 0. The summed E-state index contributed by atoms with van der Waals surface area (Å²) >= 11 is 0. The topological polar surface area (TPSA) is 79.5 Å². The van der Waals surface area contributed by atoms with Crippen LogP contribution >= 0.6 is 0 Å². The second-order valence-corrected chi connectivity index (χ2v) is 6.77. The van der Waals surface area contributed by atoms with Crippen molar-refractivity contribution in [3.63, 3.8) is 0 Å². The number of rotatable bonds is 8. The van der Waals surface area contributed by atoms with E-state index in [0.29, 0.717) is 17.0 Å². The van der Waals surface area contributed by atoms with Crippen molar-refractivity contribution >= 4 is 23.2 Å². The third-order valence-corrected chi connectivity index (χ3v) is 3.52. The highest BCUT2D eigenvalue weighted by molar-refractivity contribution is 5.98. The molecule has 0 saturated carbocycles. The number of amides is 2. The third-order valence-electron chi connectivity index (χ3n) is 3.52. The first-order valence-electron chi connectivity index (χ1n) is 9.05. The minimum Gasteiger partial charge on any atom is -0.489 e. The van der Waals surface area contributed by atoms with E-state index in [0.717, 1.165) is 5.69 Å². The van der Waals surface area contributed by atoms with Crippen molar-refractivity contribution in [3.05, 3.63) is 54.1 Å². The van der Waals surface area contributed by atoms with E-state index in [2.05, 4.69) is 16.0 Å². The van der Waals surface area contributed by atoms with E-state index in [4.69, 9.17) is 4.74 Å². The van der Waals surface area contributed by atoms with Gasteiger partial charge in [-0.05, 0) is 58.0 Å². The molecule has 0 heterocycles. The molecule has 0 aliphatic heterocycles. The lowest BCUT2D eigenvalue weighted by Gasteiger charge is -2.15. The molecule has 0 fully saturated rings. The van der Waals surface area contributed by atoms with Gasteiger partial charge in [-0.2, -0.15) is 0 Å². The van der Waals surface area contributed by atoms with Crippen molar-refractivity contribution in [2.75, 3.05) is 17.2 Å². The van der Waals surface area contributed by atoms with Gasteiger partial charge in [0.05, 0.1) is 18.3 Å². The zero-order chi connectivity index (χ0) is 19.8. The average molecular weight is 369 g/mol. The molecule has 0 spiro atoms. The quantitative estimate of drug-likeness (QED) is 0.663. The Hall–Kier alpha value is -3.02. The van der Waals surface area contributed by atoms with Crippen LogP contribution in [-0.2, 0) is 4.79 Å². The standard InChI is InChI=1S/C21H27N3O3/c1-14(2)23-21(26)16-8-7-9-17(12-16)24-20(25)13-22-18-10-5-6-11-19(18)27-15(3)4/h5-12,14-15,22H,13H2,1-4H3,(H,23,26)(H,24,25). The van der Waals surface area contributed by atoms with Gasteiger partial charge in [0.25, 0.3) is 5.91 Å². The normalized spacial score (nSPS) is 10.6. The highest BCUT2D eigenvalue weighted by Crippen LogP contribution is 2.24. The molecule has 0 unspecified atom stereocenters. The van der Waals surface area contributed by atoms with E-state index >= 15 is 0 Å². The van der Waals surface area contributed by atoms with Gasteiger partial charge < -0.3 is 20.7 Å². The number of carbonyl (C=O) groups excluding carboxylic acids is 2. The Labute approximate surface area is 160 Å². The Balaban J connectivity index is 1.96. The summed E-state index contributed by atoms with van der Waals surface area (Å²) < 4.78 is 5.73. The predicted molar refractivity (Wildman–Crippen MR) is 108 cm³/mol. The lowest BCUT2D eigenvalue weighted by molar-refractivity contribution is -0.114. The first-order valence-corrected chi connectivity index (χ1v) is 9.05. The van der Waals surface area contributed by atoms with E-state index in [1.807, 2.05) is 52.0 Å². The molecule has 144 valence electrons. The van der Waals surface area contributed by atoms with Crippen LogP contribution < -0.4 is 20.7 Å². The van der Waals surface area contributed by atoms with E-state index in [9.17, 15) is 9.59 Å². The smallest absolute Gasteiger partial charge is 0.251 e. The van der Waals surface area contributed by atoms with Gasteiger partial charge in [0.15, 0.2) is 0 Å². The monoisotopic (exact) mass is 369 g/mol. The lowest BCUT2D eigenvalue weighted by Crippen LogP contribution is -2.30. The van der Waals surface area contributed by atoms with Gasteiger partial charge in [-0.3, -0.25) is 9.59 Å². The average Bonchev–Trinajstić information content (AvgIpc) is 2.60. The molecule has 2 amide bonds. The zero-order valence-corrected chi connectivity index (χ0v) is 16.2. The van der Waals surface area contributed by atoms with Crippen molar-refractivity contribution in [3.8, 4) is 5.75 Å². The molecule has 0 radical (unpaired) electrons. The first-order chi connectivity index (χ1) is 12.8. The fraction of sp³-hybridized carbons (Fsp3) is 0.333. The maximum absolute atomic E-state index is 12.3. The second kappa shape index (κ2) is 9.62.